The first-order chi connectivity index (χ1) is 16.0. The van der Waals surface area contributed by atoms with Gasteiger partial charge in [-0.25, -0.2) is 8.78 Å². The van der Waals surface area contributed by atoms with Crippen LogP contribution in [0.4, 0.5) is 14.5 Å². The van der Waals surface area contributed by atoms with Crippen LogP contribution >= 0.6 is 12.2 Å². The van der Waals surface area contributed by atoms with Crippen molar-refractivity contribution >= 4 is 23.0 Å². The second-order valence-electron chi connectivity index (χ2n) is 8.06. The molecule has 0 aliphatic carbocycles. The number of anilines is 1. The van der Waals surface area contributed by atoms with Gasteiger partial charge in [-0.2, -0.15) is 0 Å². The average Bonchev–Trinajstić information content (AvgIpc) is 3.30. The Balaban J connectivity index is 1.71. The summed E-state index contributed by atoms with van der Waals surface area (Å²) in [5.41, 5.74) is 4.30. The smallest absolute Gasteiger partial charge is 0.174 e. The summed E-state index contributed by atoms with van der Waals surface area (Å²) in [7, 11) is 0. The Kier molecular flexibility index (Phi) is 5.42. The van der Waals surface area contributed by atoms with Crippen LogP contribution in [0.2, 0.25) is 0 Å². The van der Waals surface area contributed by atoms with Crippen LogP contribution in [0.1, 0.15) is 34.7 Å². The van der Waals surface area contributed by atoms with E-state index in [1.807, 2.05) is 48.7 Å². The van der Waals surface area contributed by atoms with Gasteiger partial charge < -0.3 is 14.8 Å². The summed E-state index contributed by atoms with van der Waals surface area (Å²) in [6.45, 7) is 3.89. The van der Waals surface area contributed by atoms with Crippen molar-refractivity contribution in [3.63, 3.8) is 0 Å². The second-order valence-corrected chi connectivity index (χ2v) is 8.45. The van der Waals surface area contributed by atoms with E-state index in [0.717, 1.165) is 22.6 Å². The van der Waals surface area contributed by atoms with Crippen molar-refractivity contribution in [3.05, 3.63) is 113 Å². The van der Waals surface area contributed by atoms with Crippen LogP contribution < -0.4 is 10.2 Å². The van der Waals surface area contributed by atoms with Crippen molar-refractivity contribution in [2.45, 2.75) is 25.9 Å². The Morgan fingerprint density at radius 1 is 0.879 bits per heavy atom. The first kappa shape index (κ1) is 21.3. The average molecular weight is 461 g/mol. The van der Waals surface area contributed by atoms with E-state index in [0.29, 0.717) is 16.5 Å². The van der Waals surface area contributed by atoms with Gasteiger partial charge in [-0.3, -0.25) is 4.98 Å². The predicted molar refractivity (Wildman–Crippen MR) is 130 cm³/mol. The number of thiocarbonyl (C=S) groups is 1. The molecule has 1 N–H and O–H groups in total. The molecule has 0 unspecified atom stereocenters. The number of rotatable bonds is 4. The lowest BCUT2D eigenvalue weighted by atomic mass is 9.96. The minimum absolute atomic E-state index is 0.307. The Hall–Kier alpha value is -3.58. The molecule has 4 aromatic rings. The number of para-hydroxylation sites is 2. The van der Waals surface area contributed by atoms with Crippen LogP contribution in [0.25, 0.3) is 5.69 Å². The van der Waals surface area contributed by atoms with Gasteiger partial charge in [0.1, 0.15) is 11.6 Å². The molecule has 1 aliphatic heterocycles. The molecule has 0 bridgehead atoms. The maximum atomic E-state index is 14.9. The summed E-state index contributed by atoms with van der Waals surface area (Å²) in [4.78, 5) is 6.35. The van der Waals surface area contributed by atoms with Gasteiger partial charge in [-0.05, 0) is 74.1 Å². The molecule has 166 valence electrons. The standard InChI is InChI=1S/C26H22F2N4S/c1-16-15-18(17(2)31(16)22-12-5-3-9-19(22)27)25-24(21-11-7-8-14-29-21)30-26(33)32(25)23-13-6-4-10-20(23)28/h3-15,24-25H,1-2H3,(H,30,33)/t24-,25+/m0/s1. The summed E-state index contributed by atoms with van der Waals surface area (Å²) in [6, 6.07) is 20.3. The quantitative estimate of drug-likeness (QED) is 0.382. The zero-order valence-electron chi connectivity index (χ0n) is 18.2. The monoisotopic (exact) mass is 460 g/mol. The number of benzene rings is 2. The Morgan fingerprint density at radius 3 is 2.15 bits per heavy atom. The molecule has 33 heavy (non-hydrogen) atoms. The summed E-state index contributed by atoms with van der Waals surface area (Å²) in [5, 5.41) is 3.76. The number of nitrogens with one attached hydrogen (secondary N) is 1. The van der Waals surface area contributed by atoms with Crippen LogP contribution in [0.15, 0.2) is 79.0 Å². The molecule has 1 aliphatic rings. The van der Waals surface area contributed by atoms with Crippen molar-refractivity contribution in [1.82, 2.24) is 14.9 Å². The molecule has 0 spiro atoms. The van der Waals surface area contributed by atoms with E-state index in [-0.39, 0.29) is 23.7 Å². The highest BCUT2D eigenvalue weighted by Crippen LogP contribution is 2.44. The number of aromatic nitrogens is 2. The summed E-state index contributed by atoms with van der Waals surface area (Å²) >= 11 is 5.69. The molecule has 3 heterocycles. The van der Waals surface area contributed by atoms with Crippen LogP contribution in [-0.2, 0) is 0 Å². The number of pyridine rings is 1. The van der Waals surface area contributed by atoms with E-state index in [1.54, 1.807) is 41.4 Å². The molecule has 0 radical (unpaired) electrons. The Bertz CT molecular complexity index is 1340. The van der Waals surface area contributed by atoms with Gasteiger partial charge in [-0.15, -0.1) is 0 Å². The normalized spacial score (nSPS) is 17.9. The van der Waals surface area contributed by atoms with E-state index in [9.17, 15) is 8.78 Å². The minimum atomic E-state index is -0.379. The maximum Gasteiger partial charge on any atom is 0.174 e. The molecule has 0 amide bonds. The first-order valence-electron chi connectivity index (χ1n) is 10.7. The van der Waals surface area contributed by atoms with E-state index in [1.165, 1.54) is 12.1 Å². The second kappa shape index (κ2) is 8.41. The predicted octanol–water partition coefficient (Wildman–Crippen LogP) is 5.94. The number of hydrogen-bond donors (Lipinski definition) is 1. The highest BCUT2D eigenvalue weighted by atomic mass is 32.1. The third kappa shape index (κ3) is 3.58. The molecular weight excluding hydrogens is 438 g/mol. The fraction of sp³-hybridized carbons (Fsp3) is 0.154. The third-order valence-electron chi connectivity index (χ3n) is 6.09. The third-order valence-corrected chi connectivity index (χ3v) is 6.41. The first-order valence-corrected chi connectivity index (χ1v) is 11.1. The van der Waals surface area contributed by atoms with E-state index in [2.05, 4.69) is 10.3 Å². The highest BCUT2D eigenvalue weighted by molar-refractivity contribution is 7.80. The zero-order valence-corrected chi connectivity index (χ0v) is 19.0. The van der Waals surface area contributed by atoms with Gasteiger partial charge in [-0.1, -0.05) is 30.3 Å². The Morgan fingerprint density at radius 2 is 1.52 bits per heavy atom. The molecule has 1 saturated heterocycles. The summed E-state index contributed by atoms with van der Waals surface area (Å²) in [5.74, 6) is -0.672. The lowest BCUT2D eigenvalue weighted by molar-refractivity contribution is 0.555. The van der Waals surface area contributed by atoms with Crippen molar-refractivity contribution in [1.29, 1.82) is 0 Å². The van der Waals surface area contributed by atoms with Gasteiger partial charge in [0, 0.05) is 17.6 Å². The van der Waals surface area contributed by atoms with Gasteiger partial charge in [0.05, 0.1) is 29.2 Å². The number of aryl methyl sites for hydroxylation is 1. The van der Waals surface area contributed by atoms with Gasteiger partial charge in [0.15, 0.2) is 5.11 Å². The Labute approximate surface area is 196 Å². The lowest BCUT2D eigenvalue weighted by Crippen LogP contribution is -2.30. The van der Waals surface area contributed by atoms with Crippen LogP contribution in [0.5, 0.6) is 0 Å². The van der Waals surface area contributed by atoms with Gasteiger partial charge in [0.2, 0.25) is 0 Å². The van der Waals surface area contributed by atoms with E-state index >= 15 is 0 Å². The number of hydrogen-bond acceptors (Lipinski definition) is 2. The molecule has 2 aromatic heterocycles. The maximum absolute atomic E-state index is 14.9. The molecule has 1 fully saturated rings. The van der Waals surface area contributed by atoms with Crippen molar-refractivity contribution in [2.24, 2.45) is 0 Å². The van der Waals surface area contributed by atoms with Crippen molar-refractivity contribution in [2.75, 3.05) is 4.90 Å². The largest absolute Gasteiger partial charge is 0.351 e. The van der Waals surface area contributed by atoms with Crippen molar-refractivity contribution < 1.29 is 8.78 Å². The van der Waals surface area contributed by atoms with Crippen LogP contribution in [0.3, 0.4) is 0 Å². The van der Waals surface area contributed by atoms with Gasteiger partial charge >= 0.3 is 0 Å². The molecule has 2 aromatic carbocycles. The fourth-order valence-electron chi connectivity index (χ4n) is 4.67. The lowest BCUT2D eigenvalue weighted by Gasteiger charge is -2.28. The minimum Gasteiger partial charge on any atom is -0.351 e. The molecule has 5 rings (SSSR count). The number of halogens is 2. The SMILES string of the molecule is Cc1cc([C@@H]2[C@H](c3ccccn3)NC(=S)N2c2ccccc2F)c(C)n1-c1ccccc1F. The topological polar surface area (TPSA) is 33.1 Å². The highest BCUT2D eigenvalue weighted by Gasteiger charge is 2.43. The molecule has 7 heteroatoms. The van der Waals surface area contributed by atoms with E-state index in [4.69, 9.17) is 12.2 Å². The molecule has 2 atom stereocenters. The molecular formula is C26H22F2N4S. The van der Waals surface area contributed by atoms with Crippen LogP contribution in [0, 0.1) is 25.5 Å². The van der Waals surface area contributed by atoms with Gasteiger partial charge in [0.25, 0.3) is 0 Å². The molecule has 4 nitrogen and oxygen atoms in total. The van der Waals surface area contributed by atoms with E-state index < -0.39 is 0 Å². The fourth-order valence-corrected chi connectivity index (χ4v) is 5.01. The summed E-state index contributed by atoms with van der Waals surface area (Å²) in [6.07, 6.45) is 1.73. The molecule has 0 saturated carbocycles. The summed E-state index contributed by atoms with van der Waals surface area (Å²) < 4.78 is 31.5. The van der Waals surface area contributed by atoms with Crippen molar-refractivity contribution in [3.8, 4) is 5.69 Å². The number of nitrogens with zero attached hydrogens (tertiary/aromatic N) is 3. The van der Waals surface area contributed by atoms with Crippen LogP contribution in [-0.4, -0.2) is 14.7 Å². The zero-order chi connectivity index (χ0) is 23.1.